The molecule has 0 saturated heterocycles. The van der Waals surface area contributed by atoms with Crippen molar-refractivity contribution in [3.8, 4) is 0 Å². The van der Waals surface area contributed by atoms with Crippen LogP contribution in [-0.4, -0.2) is 20.6 Å². The van der Waals surface area contributed by atoms with Crippen LogP contribution in [0.4, 0.5) is 0 Å². The molecular weight excluding hydrogens is 288 g/mol. The molecule has 0 atom stereocenters. The van der Waals surface area contributed by atoms with Crippen LogP contribution >= 0.6 is 11.3 Å². The van der Waals surface area contributed by atoms with Crippen LogP contribution in [0.3, 0.4) is 0 Å². The summed E-state index contributed by atoms with van der Waals surface area (Å²) in [5.41, 5.74) is 6.35. The van der Waals surface area contributed by atoms with E-state index in [0.717, 1.165) is 10.7 Å². The highest BCUT2D eigenvalue weighted by molar-refractivity contribution is 7.09. The highest BCUT2D eigenvalue weighted by Gasteiger charge is 2.17. The molecule has 0 amide bonds. The van der Waals surface area contributed by atoms with Crippen molar-refractivity contribution in [2.45, 2.75) is 32.7 Å². The Bertz CT molecular complexity index is 725. The van der Waals surface area contributed by atoms with E-state index in [0.29, 0.717) is 6.54 Å². The van der Waals surface area contributed by atoms with E-state index in [2.05, 4.69) is 30.9 Å². The quantitative estimate of drug-likeness (QED) is 0.391. The van der Waals surface area contributed by atoms with Gasteiger partial charge in [-0.15, -0.1) is 11.3 Å². The summed E-state index contributed by atoms with van der Waals surface area (Å²) in [5.74, 6) is -0.191. The Balaban J connectivity index is 2.33. The van der Waals surface area contributed by atoms with Crippen molar-refractivity contribution in [1.29, 1.82) is 0 Å². The van der Waals surface area contributed by atoms with E-state index in [1.54, 1.807) is 12.3 Å². The summed E-state index contributed by atoms with van der Waals surface area (Å²) in [6.07, 6.45) is 1.66. The highest BCUT2D eigenvalue weighted by atomic mass is 32.1. The summed E-state index contributed by atoms with van der Waals surface area (Å²) >= 11 is 1.52. The van der Waals surface area contributed by atoms with Crippen LogP contribution < -0.4 is 11.3 Å². The Morgan fingerprint density at radius 2 is 2.24 bits per heavy atom. The first kappa shape index (κ1) is 15.2. The molecule has 0 fully saturated rings. The molecule has 2 aromatic rings. The van der Waals surface area contributed by atoms with Crippen LogP contribution in [0.1, 0.15) is 37.0 Å². The molecule has 112 valence electrons. The van der Waals surface area contributed by atoms with Gasteiger partial charge in [0, 0.05) is 17.0 Å². The Morgan fingerprint density at radius 3 is 2.81 bits per heavy atom. The molecule has 0 aliphatic heterocycles. The molecule has 0 unspecified atom stereocenters. The zero-order chi connectivity index (χ0) is 15.6. The number of nitrogens with two attached hydrogens (primary N) is 1. The molecule has 2 heterocycles. The fourth-order valence-electron chi connectivity index (χ4n) is 1.78. The minimum absolute atomic E-state index is 0.0183. The molecule has 0 spiro atoms. The van der Waals surface area contributed by atoms with Crippen molar-refractivity contribution in [2.75, 3.05) is 0 Å². The maximum absolute atomic E-state index is 12.2. The fraction of sp³-hybridized carbons (Fsp3) is 0.357. The molecule has 0 radical (unpaired) electrons. The molecule has 21 heavy (non-hydrogen) atoms. The van der Waals surface area contributed by atoms with E-state index in [1.165, 1.54) is 22.0 Å². The molecule has 0 aliphatic carbocycles. The minimum atomic E-state index is -0.305. The van der Waals surface area contributed by atoms with Crippen molar-refractivity contribution < 1.29 is 5.21 Å². The third-order valence-electron chi connectivity index (χ3n) is 3.03. The van der Waals surface area contributed by atoms with Gasteiger partial charge in [-0.1, -0.05) is 25.9 Å². The summed E-state index contributed by atoms with van der Waals surface area (Å²) in [7, 11) is 0. The first-order valence-corrected chi connectivity index (χ1v) is 7.33. The molecule has 0 aromatic carbocycles. The van der Waals surface area contributed by atoms with Gasteiger partial charge in [0.1, 0.15) is 5.01 Å². The van der Waals surface area contributed by atoms with Crippen molar-refractivity contribution >= 4 is 17.2 Å². The molecular formula is C14H18N4O2S. The minimum Gasteiger partial charge on any atom is -0.409 e. The van der Waals surface area contributed by atoms with Crippen LogP contribution in [-0.2, 0) is 12.0 Å². The van der Waals surface area contributed by atoms with Crippen molar-refractivity contribution in [3.05, 3.63) is 50.3 Å². The normalized spacial score (nSPS) is 12.6. The lowest BCUT2D eigenvalue weighted by molar-refractivity contribution is 0.318. The Kier molecular flexibility index (Phi) is 4.13. The lowest BCUT2D eigenvalue weighted by Gasteiger charge is -2.14. The lowest BCUT2D eigenvalue weighted by Crippen LogP contribution is -2.29. The average Bonchev–Trinajstić information content (AvgIpc) is 2.89. The fourth-order valence-corrected chi connectivity index (χ4v) is 2.80. The summed E-state index contributed by atoms with van der Waals surface area (Å²) < 4.78 is 1.50. The van der Waals surface area contributed by atoms with E-state index in [-0.39, 0.29) is 22.4 Å². The largest absolute Gasteiger partial charge is 0.409 e. The number of hydrogen-bond donors (Lipinski definition) is 2. The van der Waals surface area contributed by atoms with Gasteiger partial charge in [-0.2, -0.15) is 0 Å². The molecule has 2 rings (SSSR count). The molecule has 6 nitrogen and oxygen atoms in total. The van der Waals surface area contributed by atoms with Gasteiger partial charge in [-0.05, 0) is 12.1 Å². The Hall–Kier alpha value is -2.15. The Labute approximate surface area is 126 Å². The van der Waals surface area contributed by atoms with Crippen molar-refractivity contribution in [2.24, 2.45) is 10.9 Å². The number of amidine groups is 1. The van der Waals surface area contributed by atoms with Gasteiger partial charge in [0.15, 0.2) is 5.84 Å². The number of oxime groups is 1. The lowest BCUT2D eigenvalue weighted by atomic mass is 9.93. The molecule has 0 aliphatic rings. The van der Waals surface area contributed by atoms with Gasteiger partial charge in [0.2, 0.25) is 0 Å². The van der Waals surface area contributed by atoms with Gasteiger partial charge in [0.05, 0.1) is 17.8 Å². The van der Waals surface area contributed by atoms with Crippen LogP contribution in [0.2, 0.25) is 0 Å². The topological polar surface area (TPSA) is 93.5 Å². The molecule has 2 aromatic heterocycles. The number of pyridine rings is 1. The molecule has 7 heteroatoms. The summed E-state index contributed by atoms with van der Waals surface area (Å²) in [6, 6.07) is 3.21. The van der Waals surface area contributed by atoms with Crippen LogP contribution in [0, 0.1) is 0 Å². The third kappa shape index (κ3) is 3.30. The summed E-state index contributed by atoms with van der Waals surface area (Å²) in [5, 5.41) is 14.4. The third-order valence-corrected chi connectivity index (χ3v) is 3.86. The zero-order valence-corrected chi connectivity index (χ0v) is 13.0. The monoisotopic (exact) mass is 306 g/mol. The van der Waals surface area contributed by atoms with Gasteiger partial charge in [-0.3, -0.25) is 4.79 Å². The first-order valence-electron chi connectivity index (χ1n) is 6.45. The standard InChI is InChI=1S/C14H18N4O2S/c1-14(2,3)10-8-21-11(16-10)7-18-6-4-5-9(13(18)19)12(15)17-20/h4-6,8,20H,7H2,1-3H3,(H2,15,17). The second-order valence-corrected chi connectivity index (χ2v) is 6.66. The molecule has 0 bridgehead atoms. The predicted octanol–water partition coefficient (Wildman–Crippen LogP) is 1.75. The van der Waals surface area contributed by atoms with Gasteiger partial charge in [-0.25, -0.2) is 4.98 Å². The maximum Gasteiger partial charge on any atom is 0.262 e. The maximum atomic E-state index is 12.2. The first-order chi connectivity index (χ1) is 9.82. The molecule has 3 N–H and O–H groups in total. The van der Waals surface area contributed by atoms with Crippen molar-refractivity contribution in [3.63, 3.8) is 0 Å². The van der Waals surface area contributed by atoms with Crippen molar-refractivity contribution in [1.82, 2.24) is 9.55 Å². The van der Waals surface area contributed by atoms with Gasteiger partial charge in [0.25, 0.3) is 5.56 Å². The number of nitrogens with zero attached hydrogens (tertiary/aromatic N) is 3. The second kappa shape index (κ2) is 5.69. The number of hydrogen-bond acceptors (Lipinski definition) is 5. The predicted molar refractivity (Wildman–Crippen MR) is 83.1 cm³/mol. The van der Waals surface area contributed by atoms with Crippen LogP contribution in [0.5, 0.6) is 0 Å². The second-order valence-electron chi connectivity index (χ2n) is 5.72. The molecule has 0 saturated carbocycles. The number of rotatable bonds is 3. The smallest absolute Gasteiger partial charge is 0.262 e. The van der Waals surface area contributed by atoms with E-state index < -0.39 is 0 Å². The summed E-state index contributed by atoms with van der Waals surface area (Å²) in [6.45, 7) is 6.65. The van der Waals surface area contributed by atoms with Crippen LogP contribution in [0.25, 0.3) is 0 Å². The van der Waals surface area contributed by atoms with Crippen LogP contribution in [0.15, 0.2) is 33.7 Å². The van der Waals surface area contributed by atoms with Gasteiger partial charge >= 0.3 is 0 Å². The van der Waals surface area contributed by atoms with Gasteiger partial charge < -0.3 is 15.5 Å². The number of aromatic nitrogens is 2. The summed E-state index contributed by atoms with van der Waals surface area (Å²) in [4.78, 5) is 16.8. The SMILES string of the molecule is CC(C)(C)c1csc(Cn2cccc(/C(N)=N/O)c2=O)n1. The highest BCUT2D eigenvalue weighted by Crippen LogP contribution is 2.24. The zero-order valence-electron chi connectivity index (χ0n) is 12.2. The van der Waals surface area contributed by atoms with E-state index >= 15 is 0 Å². The Morgan fingerprint density at radius 1 is 1.52 bits per heavy atom. The van der Waals surface area contributed by atoms with E-state index in [1.807, 2.05) is 5.38 Å². The number of thiazole rings is 1. The average molecular weight is 306 g/mol. The van der Waals surface area contributed by atoms with E-state index in [4.69, 9.17) is 10.9 Å². The van der Waals surface area contributed by atoms with E-state index in [9.17, 15) is 4.79 Å².